The summed E-state index contributed by atoms with van der Waals surface area (Å²) in [5.41, 5.74) is 4.36. The van der Waals surface area contributed by atoms with Crippen LogP contribution in [0.1, 0.15) is 12.5 Å². The number of rotatable bonds is 7. The molecule has 3 rings (SSSR count). The number of thioether (sulfide) groups is 1. The van der Waals surface area contributed by atoms with Crippen LogP contribution in [-0.4, -0.2) is 29.5 Å². The molecule has 1 aromatic heterocycles. The molecule has 1 heterocycles. The predicted octanol–water partition coefficient (Wildman–Crippen LogP) is 3.94. The van der Waals surface area contributed by atoms with Gasteiger partial charge in [-0.1, -0.05) is 36.0 Å². The molecule has 2 aromatic carbocycles. The molecule has 1 N–H and O–H groups in total. The number of ether oxygens (including phenoxy) is 1. The van der Waals surface area contributed by atoms with E-state index in [1.54, 1.807) is 17.6 Å². The number of nitrogens with one attached hydrogen (secondary N) is 1. The van der Waals surface area contributed by atoms with E-state index in [9.17, 15) is 4.79 Å². The van der Waals surface area contributed by atoms with Gasteiger partial charge in [-0.3, -0.25) is 4.79 Å². The molecule has 0 unspecified atom stereocenters. The maximum atomic E-state index is 11.9. The van der Waals surface area contributed by atoms with Crippen molar-refractivity contribution in [3.63, 3.8) is 0 Å². The molecule has 7 heteroatoms. The second-order valence-electron chi connectivity index (χ2n) is 5.03. The van der Waals surface area contributed by atoms with E-state index in [1.165, 1.54) is 11.8 Å². The summed E-state index contributed by atoms with van der Waals surface area (Å²) in [5.74, 6) is 0.890. The lowest BCUT2D eigenvalue weighted by Crippen LogP contribution is -2.19. The van der Waals surface area contributed by atoms with Gasteiger partial charge in [0.1, 0.15) is 5.75 Å². The lowest BCUT2D eigenvalue weighted by molar-refractivity contribution is -0.118. The topological polar surface area (TPSA) is 63.6 Å². The summed E-state index contributed by atoms with van der Waals surface area (Å²) in [6.45, 7) is 2.55. The van der Waals surface area contributed by atoms with E-state index in [2.05, 4.69) is 15.5 Å². The summed E-state index contributed by atoms with van der Waals surface area (Å²) in [7, 11) is 0. The lowest BCUT2D eigenvalue weighted by atomic mass is 10.2. The van der Waals surface area contributed by atoms with Crippen LogP contribution in [0.25, 0.3) is 10.2 Å². The van der Waals surface area contributed by atoms with Crippen LogP contribution in [0.3, 0.4) is 0 Å². The van der Waals surface area contributed by atoms with Gasteiger partial charge in [-0.05, 0) is 36.8 Å². The van der Waals surface area contributed by atoms with Gasteiger partial charge in [-0.15, -0.1) is 11.3 Å². The third-order valence-corrected chi connectivity index (χ3v) is 5.35. The van der Waals surface area contributed by atoms with Gasteiger partial charge in [0.15, 0.2) is 4.34 Å². The molecule has 25 heavy (non-hydrogen) atoms. The van der Waals surface area contributed by atoms with Crippen LogP contribution >= 0.6 is 23.1 Å². The summed E-state index contributed by atoms with van der Waals surface area (Å²) in [4.78, 5) is 16.4. The highest BCUT2D eigenvalue weighted by atomic mass is 32.2. The Morgan fingerprint density at radius 3 is 3.04 bits per heavy atom. The molecule has 0 bridgehead atoms. The summed E-state index contributed by atoms with van der Waals surface area (Å²) >= 11 is 3.00. The maximum absolute atomic E-state index is 11.9. The Balaban J connectivity index is 1.50. The number of benzene rings is 2. The molecular formula is C18H17N3O2S2. The molecule has 0 saturated heterocycles. The summed E-state index contributed by atoms with van der Waals surface area (Å²) in [6, 6.07) is 15.5. The van der Waals surface area contributed by atoms with E-state index in [-0.39, 0.29) is 11.7 Å². The number of aromatic nitrogens is 1. The fourth-order valence-corrected chi connectivity index (χ4v) is 3.96. The first-order valence-electron chi connectivity index (χ1n) is 7.78. The zero-order valence-corrected chi connectivity index (χ0v) is 15.3. The normalized spacial score (nSPS) is 11.1. The van der Waals surface area contributed by atoms with Gasteiger partial charge in [-0.25, -0.2) is 10.4 Å². The number of hydrazone groups is 1. The van der Waals surface area contributed by atoms with E-state index >= 15 is 0 Å². The van der Waals surface area contributed by atoms with Crippen LogP contribution in [0.2, 0.25) is 0 Å². The number of para-hydroxylation sites is 1. The SMILES string of the molecule is CCOc1cccc(/C=N\NC(=O)CSc2nc3ccccc3s2)c1. The Kier molecular flexibility index (Phi) is 6.03. The molecule has 0 aliphatic heterocycles. The van der Waals surface area contributed by atoms with Crippen molar-refractivity contribution in [2.24, 2.45) is 5.10 Å². The molecule has 0 radical (unpaired) electrons. The van der Waals surface area contributed by atoms with Gasteiger partial charge in [0.2, 0.25) is 0 Å². The fourth-order valence-electron chi connectivity index (χ4n) is 2.10. The van der Waals surface area contributed by atoms with Gasteiger partial charge >= 0.3 is 0 Å². The molecule has 1 amide bonds. The average molecular weight is 371 g/mol. The molecule has 0 aliphatic rings. The Bertz CT molecular complexity index is 860. The third-order valence-electron chi connectivity index (χ3n) is 3.17. The molecular weight excluding hydrogens is 354 g/mol. The molecule has 0 fully saturated rings. The minimum Gasteiger partial charge on any atom is -0.494 e. The van der Waals surface area contributed by atoms with Gasteiger partial charge in [0, 0.05) is 0 Å². The van der Waals surface area contributed by atoms with Crippen molar-refractivity contribution in [3.8, 4) is 5.75 Å². The monoisotopic (exact) mass is 371 g/mol. The van der Waals surface area contributed by atoms with Crippen LogP contribution in [0.4, 0.5) is 0 Å². The molecule has 0 saturated carbocycles. The number of carbonyl (C=O) groups is 1. The third kappa shape index (κ3) is 5.04. The van der Waals surface area contributed by atoms with E-state index in [4.69, 9.17) is 4.74 Å². The minimum atomic E-state index is -0.165. The van der Waals surface area contributed by atoms with Crippen molar-refractivity contribution < 1.29 is 9.53 Å². The number of hydrogen-bond acceptors (Lipinski definition) is 6. The molecule has 0 aliphatic carbocycles. The number of carbonyl (C=O) groups excluding carboxylic acids is 1. The van der Waals surface area contributed by atoms with Crippen molar-refractivity contribution in [1.29, 1.82) is 0 Å². The minimum absolute atomic E-state index is 0.165. The Morgan fingerprint density at radius 1 is 1.32 bits per heavy atom. The van der Waals surface area contributed by atoms with Gasteiger partial charge in [0.25, 0.3) is 5.91 Å². The standard InChI is InChI=1S/C18H17N3O2S2/c1-2-23-14-7-5-6-13(10-14)11-19-21-17(22)12-24-18-20-15-8-3-4-9-16(15)25-18/h3-11H,2,12H2,1H3,(H,21,22)/b19-11-. The van der Waals surface area contributed by atoms with Crippen molar-refractivity contribution in [2.75, 3.05) is 12.4 Å². The van der Waals surface area contributed by atoms with Crippen LogP contribution in [0, 0.1) is 0 Å². The number of amides is 1. The van der Waals surface area contributed by atoms with Gasteiger partial charge < -0.3 is 4.74 Å². The average Bonchev–Trinajstić information content (AvgIpc) is 3.04. The van der Waals surface area contributed by atoms with Crippen molar-refractivity contribution in [1.82, 2.24) is 10.4 Å². The summed E-state index contributed by atoms with van der Waals surface area (Å²) in [6.07, 6.45) is 1.60. The lowest BCUT2D eigenvalue weighted by Gasteiger charge is -2.03. The maximum Gasteiger partial charge on any atom is 0.250 e. The van der Waals surface area contributed by atoms with Crippen molar-refractivity contribution in [2.45, 2.75) is 11.3 Å². The molecule has 5 nitrogen and oxygen atoms in total. The second-order valence-corrected chi connectivity index (χ2v) is 7.29. The first-order valence-corrected chi connectivity index (χ1v) is 9.58. The largest absolute Gasteiger partial charge is 0.494 e. The highest BCUT2D eigenvalue weighted by molar-refractivity contribution is 8.01. The zero-order chi connectivity index (χ0) is 17.5. The number of hydrogen-bond donors (Lipinski definition) is 1. The van der Waals surface area contributed by atoms with Crippen LogP contribution in [-0.2, 0) is 4.79 Å². The van der Waals surface area contributed by atoms with Gasteiger partial charge in [0.05, 0.1) is 28.8 Å². The van der Waals surface area contributed by atoms with Crippen LogP contribution < -0.4 is 10.2 Å². The number of thiazole rings is 1. The Labute approximate surface area is 154 Å². The van der Waals surface area contributed by atoms with Crippen LogP contribution in [0.15, 0.2) is 58.0 Å². The Morgan fingerprint density at radius 2 is 2.20 bits per heavy atom. The number of nitrogens with zero attached hydrogens (tertiary/aromatic N) is 2. The highest BCUT2D eigenvalue weighted by Crippen LogP contribution is 2.28. The quantitative estimate of drug-likeness (QED) is 0.388. The van der Waals surface area contributed by atoms with Crippen LogP contribution in [0.5, 0.6) is 5.75 Å². The first-order chi connectivity index (χ1) is 12.2. The number of fused-ring (bicyclic) bond motifs is 1. The second kappa shape index (κ2) is 8.64. The fraction of sp³-hybridized carbons (Fsp3) is 0.167. The first kappa shape index (κ1) is 17.4. The van der Waals surface area contributed by atoms with Crippen molar-refractivity contribution in [3.05, 3.63) is 54.1 Å². The highest BCUT2D eigenvalue weighted by Gasteiger charge is 2.06. The van der Waals surface area contributed by atoms with Gasteiger partial charge in [-0.2, -0.15) is 5.10 Å². The summed E-state index contributed by atoms with van der Waals surface area (Å²) < 4.78 is 7.43. The van der Waals surface area contributed by atoms with E-state index in [0.29, 0.717) is 6.61 Å². The zero-order valence-electron chi connectivity index (χ0n) is 13.6. The predicted molar refractivity (Wildman–Crippen MR) is 104 cm³/mol. The van der Waals surface area contributed by atoms with E-state index in [1.807, 2.05) is 55.5 Å². The molecule has 128 valence electrons. The molecule has 3 aromatic rings. The molecule has 0 atom stereocenters. The smallest absolute Gasteiger partial charge is 0.250 e. The molecule has 0 spiro atoms. The van der Waals surface area contributed by atoms with Crippen molar-refractivity contribution >= 4 is 45.4 Å². The van der Waals surface area contributed by atoms with E-state index in [0.717, 1.165) is 25.9 Å². The summed E-state index contributed by atoms with van der Waals surface area (Å²) in [5, 5.41) is 3.99. The van der Waals surface area contributed by atoms with E-state index < -0.39 is 0 Å². The Hall–Kier alpha value is -2.38.